The standard InChI is InChI=1S/C17H16O4/c1-20-16-11-14(7-9-15(16)18)12-21-17(19)10-8-13-5-3-2-4-6-13/h2-11,18H,12H2,1H3/b10-8+. The van der Waals surface area contributed by atoms with Crippen molar-refractivity contribution in [2.24, 2.45) is 0 Å². The van der Waals surface area contributed by atoms with E-state index < -0.39 is 5.97 Å². The zero-order valence-corrected chi connectivity index (χ0v) is 11.7. The van der Waals surface area contributed by atoms with Crippen molar-refractivity contribution in [3.63, 3.8) is 0 Å². The number of methoxy groups -OCH3 is 1. The average Bonchev–Trinajstić information content (AvgIpc) is 2.53. The van der Waals surface area contributed by atoms with Crippen LogP contribution in [0.2, 0.25) is 0 Å². The van der Waals surface area contributed by atoms with Crippen molar-refractivity contribution in [1.29, 1.82) is 0 Å². The van der Waals surface area contributed by atoms with Crippen LogP contribution in [-0.4, -0.2) is 18.2 Å². The lowest BCUT2D eigenvalue weighted by Crippen LogP contribution is -2.01. The van der Waals surface area contributed by atoms with Crippen LogP contribution < -0.4 is 4.74 Å². The lowest BCUT2D eigenvalue weighted by atomic mass is 10.2. The summed E-state index contributed by atoms with van der Waals surface area (Å²) in [4.78, 5) is 11.6. The van der Waals surface area contributed by atoms with Crippen LogP contribution in [0.3, 0.4) is 0 Å². The summed E-state index contributed by atoms with van der Waals surface area (Å²) in [5.41, 5.74) is 1.67. The van der Waals surface area contributed by atoms with Crippen LogP contribution >= 0.6 is 0 Å². The molecule has 0 saturated heterocycles. The Morgan fingerprint density at radius 1 is 1.19 bits per heavy atom. The molecule has 4 nitrogen and oxygen atoms in total. The molecule has 0 atom stereocenters. The summed E-state index contributed by atoms with van der Waals surface area (Å²) in [5, 5.41) is 9.48. The Hall–Kier alpha value is -2.75. The third-order valence-corrected chi connectivity index (χ3v) is 2.84. The molecule has 0 aliphatic carbocycles. The lowest BCUT2D eigenvalue weighted by Gasteiger charge is -2.06. The van der Waals surface area contributed by atoms with Gasteiger partial charge in [0.2, 0.25) is 0 Å². The molecule has 0 aliphatic rings. The van der Waals surface area contributed by atoms with E-state index in [0.717, 1.165) is 11.1 Å². The smallest absolute Gasteiger partial charge is 0.331 e. The molecule has 0 unspecified atom stereocenters. The molecule has 0 heterocycles. The maximum atomic E-state index is 11.6. The second kappa shape index (κ2) is 7.14. The second-order valence-electron chi connectivity index (χ2n) is 4.36. The molecule has 0 radical (unpaired) electrons. The molecule has 0 aliphatic heterocycles. The molecule has 108 valence electrons. The first-order chi connectivity index (χ1) is 10.2. The summed E-state index contributed by atoms with van der Waals surface area (Å²) < 4.78 is 10.1. The van der Waals surface area contributed by atoms with Crippen molar-refractivity contribution in [1.82, 2.24) is 0 Å². The Morgan fingerprint density at radius 2 is 1.95 bits per heavy atom. The first-order valence-corrected chi connectivity index (χ1v) is 6.45. The SMILES string of the molecule is COc1cc(COC(=O)/C=C/c2ccccc2)ccc1O. The van der Waals surface area contributed by atoms with E-state index in [2.05, 4.69) is 0 Å². The first kappa shape index (κ1) is 14.7. The van der Waals surface area contributed by atoms with Gasteiger partial charge in [-0.3, -0.25) is 0 Å². The van der Waals surface area contributed by atoms with E-state index in [1.165, 1.54) is 19.3 Å². The quantitative estimate of drug-likeness (QED) is 0.677. The van der Waals surface area contributed by atoms with Crippen LogP contribution in [0.25, 0.3) is 6.08 Å². The van der Waals surface area contributed by atoms with Crippen LogP contribution in [0.5, 0.6) is 11.5 Å². The molecular weight excluding hydrogens is 268 g/mol. The van der Waals surface area contributed by atoms with Crippen molar-refractivity contribution < 1.29 is 19.4 Å². The minimum Gasteiger partial charge on any atom is -0.504 e. The predicted molar refractivity (Wildman–Crippen MR) is 79.9 cm³/mol. The number of benzene rings is 2. The fourth-order valence-electron chi connectivity index (χ4n) is 1.74. The average molecular weight is 284 g/mol. The van der Waals surface area contributed by atoms with Gasteiger partial charge in [-0.25, -0.2) is 4.79 Å². The molecule has 0 saturated carbocycles. The van der Waals surface area contributed by atoms with Crippen LogP contribution in [0, 0.1) is 0 Å². The number of phenolic OH excluding ortho intramolecular Hbond substituents is 1. The van der Waals surface area contributed by atoms with E-state index in [-0.39, 0.29) is 12.4 Å². The minimum atomic E-state index is -0.425. The van der Waals surface area contributed by atoms with E-state index >= 15 is 0 Å². The first-order valence-electron chi connectivity index (χ1n) is 6.45. The molecule has 0 spiro atoms. The van der Waals surface area contributed by atoms with E-state index in [1.54, 1.807) is 18.2 Å². The largest absolute Gasteiger partial charge is 0.504 e. The highest BCUT2D eigenvalue weighted by atomic mass is 16.5. The molecule has 2 aromatic carbocycles. The number of phenols is 1. The third kappa shape index (κ3) is 4.38. The summed E-state index contributed by atoms with van der Waals surface area (Å²) >= 11 is 0. The zero-order chi connectivity index (χ0) is 15.1. The number of hydrogen-bond acceptors (Lipinski definition) is 4. The lowest BCUT2D eigenvalue weighted by molar-refractivity contribution is -0.138. The number of ether oxygens (including phenoxy) is 2. The summed E-state index contributed by atoms with van der Waals surface area (Å²) in [5.74, 6) is -0.0224. The van der Waals surface area contributed by atoms with Crippen LogP contribution in [0.1, 0.15) is 11.1 Å². The molecule has 4 heteroatoms. The van der Waals surface area contributed by atoms with Crippen molar-refractivity contribution in [3.8, 4) is 11.5 Å². The topological polar surface area (TPSA) is 55.8 Å². The summed E-state index contributed by atoms with van der Waals surface area (Å²) in [6.45, 7) is 0.120. The van der Waals surface area contributed by atoms with Gasteiger partial charge in [0.15, 0.2) is 11.5 Å². The molecule has 2 aromatic rings. The van der Waals surface area contributed by atoms with E-state index in [4.69, 9.17) is 9.47 Å². The molecule has 2 rings (SSSR count). The molecule has 0 amide bonds. The Labute approximate surface area is 123 Å². The number of carbonyl (C=O) groups is 1. The Balaban J connectivity index is 1.91. The Morgan fingerprint density at radius 3 is 2.67 bits per heavy atom. The fourth-order valence-corrected chi connectivity index (χ4v) is 1.74. The fraction of sp³-hybridized carbons (Fsp3) is 0.118. The molecule has 0 aromatic heterocycles. The number of esters is 1. The maximum Gasteiger partial charge on any atom is 0.331 e. The van der Waals surface area contributed by atoms with E-state index in [9.17, 15) is 9.90 Å². The van der Waals surface area contributed by atoms with E-state index in [0.29, 0.717) is 5.75 Å². The van der Waals surface area contributed by atoms with Crippen LogP contribution in [0.4, 0.5) is 0 Å². The highest BCUT2D eigenvalue weighted by molar-refractivity contribution is 5.87. The number of aromatic hydroxyl groups is 1. The van der Waals surface area contributed by atoms with Gasteiger partial charge in [-0.1, -0.05) is 36.4 Å². The number of carbonyl (C=O) groups excluding carboxylic acids is 1. The van der Waals surface area contributed by atoms with Gasteiger partial charge in [0.25, 0.3) is 0 Å². The summed E-state index contributed by atoms with van der Waals surface area (Å²) in [6, 6.07) is 14.3. The highest BCUT2D eigenvalue weighted by Gasteiger charge is 2.04. The van der Waals surface area contributed by atoms with Gasteiger partial charge in [-0.2, -0.15) is 0 Å². The van der Waals surface area contributed by atoms with Gasteiger partial charge < -0.3 is 14.6 Å². The second-order valence-corrected chi connectivity index (χ2v) is 4.36. The van der Waals surface area contributed by atoms with Crippen LogP contribution in [-0.2, 0) is 16.1 Å². The zero-order valence-electron chi connectivity index (χ0n) is 11.7. The predicted octanol–water partition coefficient (Wildman–Crippen LogP) is 3.16. The number of rotatable bonds is 5. The highest BCUT2D eigenvalue weighted by Crippen LogP contribution is 2.26. The molecular formula is C17H16O4. The van der Waals surface area contributed by atoms with Gasteiger partial charge in [0, 0.05) is 6.08 Å². The summed E-state index contributed by atoms with van der Waals surface area (Å²) in [6.07, 6.45) is 3.08. The normalized spacial score (nSPS) is 10.5. The molecule has 0 bridgehead atoms. The van der Waals surface area contributed by atoms with E-state index in [1.807, 2.05) is 30.3 Å². The van der Waals surface area contributed by atoms with Crippen molar-refractivity contribution >= 4 is 12.0 Å². The van der Waals surface area contributed by atoms with Crippen molar-refractivity contribution in [2.45, 2.75) is 6.61 Å². The Kier molecular flexibility index (Phi) is 4.99. The van der Waals surface area contributed by atoms with Gasteiger partial charge in [-0.15, -0.1) is 0 Å². The van der Waals surface area contributed by atoms with Crippen LogP contribution in [0.15, 0.2) is 54.6 Å². The molecule has 21 heavy (non-hydrogen) atoms. The van der Waals surface area contributed by atoms with Gasteiger partial charge >= 0.3 is 5.97 Å². The summed E-state index contributed by atoms with van der Waals surface area (Å²) in [7, 11) is 1.47. The molecule has 1 N–H and O–H groups in total. The minimum absolute atomic E-state index is 0.0524. The monoisotopic (exact) mass is 284 g/mol. The third-order valence-electron chi connectivity index (χ3n) is 2.84. The van der Waals surface area contributed by atoms with Crippen molar-refractivity contribution in [3.05, 3.63) is 65.7 Å². The molecule has 0 fully saturated rings. The van der Waals surface area contributed by atoms with Gasteiger partial charge in [0.05, 0.1) is 7.11 Å². The maximum absolute atomic E-state index is 11.6. The number of hydrogen-bond donors (Lipinski definition) is 1. The Bertz CT molecular complexity index is 632. The van der Waals surface area contributed by atoms with Gasteiger partial charge in [-0.05, 0) is 29.3 Å². The van der Waals surface area contributed by atoms with Gasteiger partial charge in [0.1, 0.15) is 6.61 Å². The van der Waals surface area contributed by atoms with Crippen molar-refractivity contribution in [2.75, 3.05) is 7.11 Å².